The van der Waals surface area contributed by atoms with Crippen LogP contribution in [-0.4, -0.2) is 41.0 Å². The van der Waals surface area contributed by atoms with Crippen molar-refractivity contribution in [1.82, 2.24) is 14.7 Å². The van der Waals surface area contributed by atoms with E-state index in [9.17, 15) is 0 Å². The summed E-state index contributed by atoms with van der Waals surface area (Å²) in [6.07, 6.45) is 0. The van der Waals surface area contributed by atoms with Crippen LogP contribution in [0.2, 0.25) is 5.15 Å². The van der Waals surface area contributed by atoms with E-state index in [1.54, 1.807) is 0 Å². The highest BCUT2D eigenvalue weighted by atomic mass is 35.5. The Kier molecular flexibility index (Phi) is 4.05. The Morgan fingerprint density at radius 3 is 2.60 bits per heavy atom. The molecule has 1 aromatic heterocycles. The minimum atomic E-state index is 0.709. The van der Waals surface area contributed by atoms with E-state index >= 15 is 0 Å². The zero-order valence-corrected chi connectivity index (χ0v) is 12.3. The summed E-state index contributed by atoms with van der Waals surface area (Å²) in [5, 5.41) is 5.28. The number of ether oxygens (including phenoxy) is 1. The topological polar surface area (TPSA) is 30.3 Å². The summed E-state index contributed by atoms with van der Waals surface area (Å²) in [5.41, 5.74) is 3.09. The van der Waals surface area contributed by atoms with Gasteiger partial charge < -0.3 is 4.74 Å². The number of benzene rings is 1. The molecule has 1 aromatic carbocycles. The molecule has 4 nitrogen and oxygen atoms in total. The molecule has 1 fully saturated rings. The Morgan fingerprint density at radius 1 is 1.20 bits per heavy atom. The second-order valence-corrected chi connectivity index (χ2v) is 5.35. The molecular weight excluding hydrogens is 274 g/mol. The fourth-order valence-corrected chi connectivity index (χ4v) is 2.77. The summed E-state index contributed by atoms with van der Waals surface area (Å²) < 4.78 is 7.19. The van der Waals surface area contributed by atoms with Crippen molar-refractivity contribution in [3.05, 3.63) is 46.7 Å². The van der Waals surface area contributed by atoms with Crippen LogP contribution < -0.4 is 0 Å². The highest BCUT2D eigenvalue weighted by molar-refractivity contribution is 6.30. The van der Waals surface area contributed by atoms with Crippen molar-refractivity contribution in [2.75, 3.05) is 26.3 Å². The number of aryl methyl sites for hydroxylation is 1. The highest BCUT2D eigenvalue weighted by Gasteiger charge is 2.18. The molecule has 0 amide bonds. The van der Waals surface area contributed by atoms with Crippen LogP contribution in [-0.2, 0) is 11.3 Å². The van der Waals surface area contributed by atoms with Gasteiger partial charge in [-0.3, -0.25) is 4.90 Å². The van der Waals surface area contributed by atoms with Gasteiger partial charge in [-0.05, 0) is 19.1 Å². The predicted molar refractivity (Wildman–Crippen MR) is 79.4 cm³/mol. The quantitative estimate of drug-likeness (QED) is 0.871. The first-order valence-electron chi connectivity index (χ1n) is 6.85. The van der Waals surface area contributed by atoms with Crippen molar-refractivity contribution in [3.63, 3.8) is 0 Å². The van der Waals surface area contributed by atoms with Gasteiger partial charge in [-0.2, -0.15) is 5.10 Å². The summed E-state index contributed by atoms with van der Waals surface area (Å²) in [6, 6.07) is 9.99. The van der Waals surface area contributed by atoms with Crippen LogP contribution in [0.4, 0.5) is 0 Å². The number of para-hydroxylation sites is 1. The molecule has 20 heavy (non-hydrogen) atoms. The molecule has 0 unspecified atom stereocenters. The predicted octanol–water partition coefficient (Wildman–Crippen LogP) is 2.67. The van der Waals surface area contributed by atoms with Gasteiger partial charge in [0.2, 0.25) is 0 Å². The third kappa shape index (κ3) is 2.73. The van der Waals surface area contributed by atoms with Crippen molar-refractivity contribution >= 4 is 11.6 Å². The number of hydrogen-bond donors (Lipinski definition) is 0. The average molecular weight is 292 g/mol. The Balaban J connectivity index is 1.87. The number of rotatable bonds is 3. The fourth-order valence-electron chi connectivity index (χ4n) is 2.43. The molecule has 2 aromatic rings. The highest BCUT2D eigenvalue weighted by Crippen LogP contribution is 2.25. The lowest BCUT2D eigenvalue weighted by Gasteiger charge is -2.26. The molecule has 1 aliphatic rings. The Morgan fingerprint density at radius 2 is 1.90 bits per heavy atom. The van der Waals surface area contributed by atoms with Crippen molar-refractivity contribution in [1.29, 1.82) is 0 Å². The summed E-state index contributed by atoms with van der Waals surface area (Å²) in [4.78, 5) is 2.36. The number of morpholine rings is 1. The molecule has 0 saturated carbocycles. The molecule has 0 aliphatic carbocycles. The molecule has 0 bridgehead atoms. The van der Waals surface area contributed by atoms with Crippen LogP contribution in [0.5, 0.6) is 0 Å². The average Bonchev–Trinajstić information content (AvgIpc) is 2.77. The van der Waals surface area contributed by atoms with E-state index < -0.39 is 0 Å². The van der Waals surface area contributed by atoms with E-state index in [1.807, 2.05) is 41.9 Å². The van der Waals surface area contributed by atoms with Gasteiger partial charge in [0.15, 0.2) is 0 Å². The normalized spacial score (nSPS) is 16.5. The summed E-state index contributed by atoms with van der Waals surface area (Å²) in [5.74, 6) is 0. The van der Waals surface area contributed by atoms with Crippen molar-refractivity contribution < 1.29 is 4.74 Å². The Bertz CT molecular complexity index is 576. The Labute approximate surface area is 123 Å². The lowest BCUT2D eigenvalue weighted by atomic mass is 10.2. The first kappa shape index (κ1) is 13.6. The first-order valence-corrected chi connectivity index (χ1v) is 7.23. The van der Waals surface area contributed by atoms with Crippen LogP contribution in [0.25, 0.3) is 5.69 Å². The number of hydrogen-bond acceptors (Lipinski definition) is 3. The van der Waals surface area contributed by atoms with Crippen molar-refractivity contribution in [3.8, 4) is 5.69 Å². The number of nitrogens with zero attached hydrogens (tertiary/aromatic N) is 3. The third-order valence-corrected chi connectivity index (χ3v) is 4.00. The van der Waals surface area contributed by atoms with E-state index in [1.165, 1.54) is 0 Å². The van der Waals surface area contributed by atoms with Gasteiger partial charge >= 0.3 is 0 Å². The van der Waals surface area contributed by atoms with Crippen LogP contribution in [0.3, 0.4) is 0 Å². The second kappa shape index (κ2) is 5.95. The van der Waals surface area contributed by atoms with Gasteiger partial charge in [-0.25, -0.2) is 4.68 Å². The molecular formula is C15H18ClN3O. The molecule has 106 valence electrons. The van der Waals surface area contributed by atoms with Crippen LogP contribution >= 0.6 is 11.6 Å². The van der Waals surface area contributed by atoms with Gasteiger partial charge in [0, 0.05) is 25.2 Å². The standard InChI is InChI=1S/C15H18ClN3O/c1-12-14(11-18-7-9-20-10-8-18)15(16)19(17-12)13-5-3-2-4-6-13/h2-6H,7-11H2,1H3. The smallest absolute Gasteiger partial charge is 0.137 e. The third-order valence-electron chi connectivity index (χ3n) is 3.61. The molecule has 5 heteroatoms. The Hall–Kier alpha value is -1.36. The SMILES string of the molecule is Cc1nn(-c2ccccc2)c(Cl)c1CN1CCOCC1. The van der Waals surface area contributed by atoms with Crippen LogP contribution in [0, 0.1) is 6.92 Å². The molecule has 0 radical (unpaired) electrons. The molecule has 0 spiro atoms. The first-order chi connectivity index (χ1) is 9.75. The van der Waals surface area contributed by atoms with E-state index in [0.717, 1.165) is 49.8 Å². The van der Waals surface area contributed by atoms with Gasteiger partial charge in [-0.15, -0.1) is 0 Å². The fraction of sp³-hybridized carbons (Fsp3) is 0.400. The summed E-state index contributed by atoms with van der Waals surface area (Å²) >= 11 is 6.53. The number of aromatic nitrogens is 2. The molecule has 2 heterocycles. The molecule has 3 rings (SSSR count). The van der Waals surface area contributed by atoms with E-state index in [-0.39, 0.29) is 0 Å². The molecule has 1 saturated heterocycles. The summed E-state index contributed by atoms with van der Waals surface area (Å²) in [6.45, 7) is 6.34. The van der Waals surface area contributed by atoms with Gasteiger partial charge in [0.05, 0.1) is 24.6 Å². The van der Waals surface area contributed by atoms with Gasteiger partial charge in [0.25, 0.3) is 0 Å². The minimum Gasteiger partial charge on any atom is -0.379 e. The van der Waals surface area contributed by atoms with Gasteiger partial charge in [-0.1, -0.05) is 29.8 Å². The zero-order valence-electron chi connectivity index (χ0n) is 11.6. The minimum absolute atomic E-state index is 0.709. The largest absolute Gasteiger partial charge is 0.379 e. The van der Waals surface area contributed by atoms with Crippen molar-refractivity contribution in [2.24, 2.45) is 0 Å². The summed E-state index contributed by atoms with van der Waals surface area (Å²) in [7, 11) is 0. The van der Waals surface area contributed by atoms with E-state index in [2.05, 4.69) is 10.00 Å². The van der Waals surface area contributed by atoms with Crippen molar-refractivity contribution in [2.45, 2.75) is 13.5 Å². The second-order valence-electron chi connectivity index (χ2n) is 4.99. The van der Waals surface area contributed by atoms with Crippen LogP contribution in [0.15, 0.2) is 30.3 Å². The lowest BCUT2D eigenvalue weighted by molar-refractivity contribution is 0.0341. The van der Waals surface area contributed by atoms with E-state index in [0.29, 0.717) is 5.15 Å². The van der Waals surface area contributed by atoms with Crippen LogP contribution in [0.1, 0.15) is 11.3 Å². The molecule has 1 aliphatic heterocycles. The number of halogens is 1. The van der Waals surface area contributed by atoms with Gasteiger partial charge in [0.1, 0.15) is 5.15 Å². The zero-order chi connectivity index (χ0) is 13.9. The van der Waals surface area contributed by atoms with E-state index in [4.69, 9.17) is 16.3 Å². The lowest BCUT2D eigenvalue weighted by Crippen LogP contribution is -2.35. The molecule has 0 N–H and O–H groups in total. The molecule has 0 atom stereocenters. The maximum Gasteiger partial charge on any atom is 0.137 e. The maximum absolute atomic E-state index is 6.53. The maximum atomic E-state index is 6.53. The monoisotopic (exact) mass is 291 g/mol.